The zero-order valence-electron chi connectivity index (χ0n) is 39.0. The molecule has 0 amide bonds. The Morgan fingerprint density at radius 2 is 0.579 bits per heavy atom. The summed E-state index contributed by atoms with van der Waals surface area (Å²) >= 11 is 0. The van der Waals surface area contributed by atoms with E-state index in [2.05, 4.69) is 34.6 Å². The van der Waals surface area contributed by atoms with Crippen molar-refractivity contribution in [3.8, 4) is 0 Å². The van der Waals surface area contributed by atoms with Crippen molar-refractivity contribution in [2.75, 3.05) is 13.2 Å². The van der Waals surface area contributed by atoms with Crippen molar-refractivity contribution < 1.29 is 28.6 Å². The molecule has 0 fully saturated rings. The molecule has 6 heteroatoms. The van der Waals surface area contributed by atoms with Gasteiger partial charge in [0.2, 0.25) is 0 Å². The van der Waals surface area contributed by atoms with Crippen LogP contribution in [0.25, 0.3) is 0 Å². The molecule has 0 saturated heterocycles. The van der Waals surface area contributed by atoms with Crippen LogP contribution in [0.15, 0.2) is 0 Å². The molecule has 0 bridgehead atoms. The Kier molecular flexibility index (Phi) is 42.7. The molecule has 0 spiro atoms. The van der Waals surface area contributed by atoms with Gasteiger partial charge in [0.1, 0.15) is 13.2 Å². The van der Waals surface area contributed by atoms with Gasteiger partial charge in [0, 0.05) is 19.3 Å². The van der Waals surface area contributed by atoms with E-state index >= 15 is 0 Å². The molecule has 338 valence electrons. The zero-order valence-corrected chi connectivity index (χ0v) is 39.0. The number of hydrogen-bond donors (Lipinski definition) is 0. The van der Waals surface area contributed by atoms with Crippen LogP contribution in [0.5, 0.6) is 0 Å². The van der Waals surface area contributed by atoms with Gasteiger partial charge in [-0.1, -0.05) is 240 Å². The third-order valence-electron chi connectivity index (χ3n) is 11.5. The fourth-order valence-corrected chi connectivity index (χ4v) is 7.64. The second-order valence-electron chi connectivity index (χ2n) is 18.4. The van der Waals surface area contributed by atoms with Crippen LogP contribution in [-0.2, 0) is 28.6 Å². The highest BCUT2D eigenvalue weighted by Gasteiger charge is 2.19. The smallest absolute Gasteiger partial charge is 0.306 e. The van der Waals surface area contributed by atoms with Crippen LogP contribution in [0.4, 0.5) is 0 Å². The van der Waals surface area contributed by atoms with E-state index in [1.54, 1.807) is 0 Å². The van der Waals surface area contributed by atoms with Crippen molar-refractivity contribution >= 4 is 17.9 Å². The molecule has 0 aromatic rings. The van der Waals surface area contributed by atoms with Crippen molar-refractivity contribution in [2.45, 2.75) is 285 Å². The highest BCUT2D eigenvalue weighted by Crippen LogP contribution is 2.17. The third kappa shape index (κ3) is 45.3. The first-order valence-electron chi connectivity index (χ1n) is 25.2. The molecule has 1 atom stereocenters. The van der Waals surface area contributed by atoms with Crippen molar-refractivity contribution in [3.05, 3.63) is 0 Å². The molecule has 0 saturated carbocycles. The lowest BCUT2D eigenvalue weighted by atomic mass is 10.0. The van der Waals surface area contributed by atoms with E-state index in [0.29, 0.717) is 19.3 Å². The fraction of sp³-hybridized carbons (Fsp3) is 0.941. The minimum atomic E-state index is -0.760. The van der Waals surface area contributed by atoms with Crippen molar-refractivity contribution in [3.63, 3.8) is 0 Å². The summed E-state index contributed by atoms with van der Waals surface area (Å²) < 4.78 is 16.8. The SMILES string of the molecule is CCCCCCCCCCCCC(=O)O[C@H](COC(=O)CCCCCCCCCCCCCCC(C)C)COC(=O)CCCCCCCCCCCCCC(C)C. The number of unbranched alkanes of at least 4 members (excludes halogenated alkanes) is 30. The molecule has 57 heavy (non-hydrogen) atoms. The number of esters is 3. The van der Waals surface area contributed by atoms with Gasteiger partial charge in [0.25, 0.3) is 0 Å². The van der Waals surface area contributed by atoms with E-state index in [1.807, 2.05) is 0 Å². The van der Waals surface area contributed by atoms with Gasteiger partial charge in [0.15, 0.2) is 6.10 Å². The summed E-state index contributed by atoms with van der Waals surface area (Å²) in [4.78, 5) is 37.8. The van der Waals surface area contributed by atoms with Crippen LogP contribution < -0.4 is 0 Å². The summed E-state index contributed by atoms with van der Waals surface area (Å²) in [6.45, 7) is 11.4. The van der Waals surface area contributed by atoms with Crippen molar-refractivity contribution in [1.29, 1.82) is 0 Å². The normalized spacial score (nSPS) is 12.1. The minimum absolute atomic E-state index is 0.0639. The van der Waals surface area contributed by atoms with Crippen LogP contribution in [0.1, 0.15) is 279 Å². The van der Waals surface area contributed by atoms with Gasteiger partial charge < -0.3 is 14.2 Å². The Hall–Kier alpha value is -1.59. The summed E-state index contributed by atoms with van der Waals surface area (Å²) in [6, 6.07) is 0. The van der Waals surface area contributed by atoms with Crippen LogP contribution in [-0.4, -0.2) is 37.2 Å². The van der Waals surface area contributed by atoms with Gasteiger partial charge in [-0.05, 0) is 31.1 Å². The molecule has 0 heterocycles. The average Bonchev–Trinajstić information content (AvgIpc) is 3.18. The summed E-state index contributed by atoms with van der Waals surface area (Å²) in [5, 5.41) is 0. The second-order valence-corrected chi connectivity index (χ2v) is 18.4. The quantitative estimate of drug-likeness (QED) is 0.0346. The lowest BCUT2D eigenvalue weighted by Crippen LogP contribution is -2.30. The highest BCUT2D eigenvalue weighted by atomic mass is 16.6. The highest BCUT2D eigenvalue weighted by molar-refractivity contribution is 5.71. The first-order chi connectivity index (χ1) is 27.7. The number of carbonyl (C=O) groups excluding carboxylic acids is 3. The maximum atomic E-state index is 12.7. The van der Waals surface area contributed by atoms with Gasteiger partial charge in [-0.3, -0.25) is 14.4 Å². The number of hydrogen-bond acceptors (Lipinski definition) is 6. The Morgan fingerprint density at radius 3 is 0.860 bits per heavy atom. The van der Waals surface area contributed by atoms with Gasteiger partial charge in [-0.15, -0.1) is 0 Å². The molecule has 0 radical (unpaired) electrons. The van der Waals surface area contributed by atoms with Crippen LogP contribution in [0, 0.1) is 11.8 Å². The van der Waals surface area contributed by atoms with E-state index < -0.39 is 6.10 Å². The van der Waals surface area contributed by atoms with Gasteiger partial charge in [-0.25, -0.2) is 0 Å². The maximum absolute atomic E-state index is 12.7. The molecule has 0 N–H and O–H groups in total. The molecule has 0 unspecified atom stereocenters. The van der Waals surface area contributed by atoms with Crippen molar-refractivity contribution in [2.24, 2.45) is 11.8 Å². The first kappa shape index (κ1) is 55.4. The molecular weight excluding hydrogens is 709 g/mol. The largest absolute Gasteiger partial charge is 0.462 e. The summed E-state index contributed by atoms with van der Waals surface area (Å²) in [6.07, 6.45) is 43.7. The summed E-state index contributed by atoms with van der Waals surface area (Å²) in [7, 11) is 0. The molecule has 0 aliphatic carbocycles. The number of ether oxygens (including phenoxy) is 3. The van der Waals surface area contributed by atoms with E-state index in [4.69, 9.17) is 14.2 Å². The maximum Gasteiger partial charge on any atom is 0.306 e. The van der Waals surface area contributed by atoms with Crippen molar-refractivity contribution in [1.82, 2.24) is 0 Å². The van der Waals surface area contributed by atoms with E-state index in [9.17, 15) is 14.4 Å². The van der Waals surface area contributed by atoms with Crippen LogP contribution >= 0.6 is 0 Å². The van der Waals surface area contributed by atoms with Gasteiger partial charge in [0.05, 0.1) is 0 Å². The predicted molar refractivity (Wildman–Crippen MR) is 243 cm³/mol. The van der Waals surface area contributed by atoms with Crippen LogP contribution in [0.2, 0.25) is 0 Å². The fourth-order valence-electron chi connectivity index (χ4n) is 7.64. The molecule has 0 aromatic carbocycles. The minimum Gasteiger partial charge on any atom is -0.462 e. The lowest BCUT2D eigenvalue weighted by molar-refractivity contribution is -0.167. The van der Waals surface area contributed by atoms with Crippen LogP contribution in [0.3, 0.4) is 0 Å². The lowest BCUT2D eigenvalue weighted by Gasteiger charge is -2.18. The van der Waals surface area contributed by atoms with Gasteiger partial charge >= 0.3 is 17.9 Å². The molecule has 0 rings (SSSR count). The summed E-state index contributed by atoms with van der Waals surface area (Å²) in [5.41, 5.74) is 0. The molecule has 0 aliphatic heterocycles. The third-order valence-corrected chi connectivity index (χ3v) is 11.5. The van der Waals surface area contributed by atoms with E-state index in [0.717, 1.165) is 69.6 Å². The Morgan fingerprint density at radius 1 is 0.333 bits per heavy atom. The monoisotopic (exact) mass is 807 g/mol. The number of carbonyl (C=O) groups is 3. The molecular formula is C51H98O6. The Balaban J connectivity index is 4.28. The predicted octanol–water partition coefficient (Wildman–Crippen LogP) is 16.1. The van der Waals surface area contributed by atoms with Gasteiger partial charge in [-0.2, -0.15) is 0 Å². The Labute approximate surface area is 355 Å². The number of rotatable bonds is 45. The zero-order chi connectivity index (χ0) is 41.9. The Bertz CT molecular complexity index is 870. The molecule has 0 aliphatic rings. The molecule has 6 nitrogen and oxygen atoms in total. The topological polar surface area (TPSA) is 78.9 Å². The first-order valence-corrected chi connectivity index (χ1v) is 25.2. The second kappa shape index (κ2) is 44.0. The standard InChI is InChI=1S/C51H98O6/c1-6-7-8-9-10-11-21-28-33-38-43-51(54)57-48(45-56-50(53)42-37-32-27-23-18-14-16-20-25-30-35-40-47(4)5)44-55-49(52)41-36-31-26-22-17-13-12-15-19-24-29-34-39-46(2)3/h46-48H,6-45H2,1-5H3/t48-/m1/s1. The average molecular weight is 807 g/mol. The molecule has 0 aromatic heterocycles. The van der Waals surface area contributed by atoms with E-state index in [1.165, 1.54) is 167 Å². The summed E-state index contributed by atoms with van der Waals surface area (Å²) in [5.74, 6) is 0.810. The van der Waals surface area contributed by atoms with E-state index in [-0.39, 0.29) is 31.1 Å².